The summed E-state index contributed by atoms with van der Waals surface area (Å²) in [5.74, 6) is 0.344. The van der Waals surface area contributed by atoms with Crippen LogP contribution in [0.1, 0.15) is 11.1 Å². The van der Waals surface area contributed by atoms with Crippen molar-refractivity contribution in [3.63, 3.8) is 0 Å². The number of nitrogens with zero attached hydrogens (tertiary/aromatic N) is 5. The lowest BCUT2D eigenvalue weighted by Gasteiger charge is -2.18. The Balaban J connectivity index is 1.82. The van der Waals surface area contributed by atoms with Crippen LogP contribution in [-0.4, -0.2) is 65.3 Å². The number of hydrogen-bond acceptors (Lipinski definition) is 11. The number of hydrogen-bond donors (Lipinski definition) is 2. The van der Waals surface area contributed by atoms with E-state index in [0.717, 1.165) is 11.3 Å². The zero-order valence-electron chi connectivity index (χ0n) is 19.2. The number of methoxy groups -OCH3 is 3. The van der Waals surface area contributed by atoms with Crippen LogP contribution in [0.25, 0.3) is 17.2 Å². The molecular formula is C21H21ClN6O6S2. The summed E-state index contributed by atoms with van der Waals surface area (Å²) in [4.78, 5) is 8.33. The molecule has 3 aromatic heterocycles. The minimum absolute atomic E-state index is 0.166. The highest BCUT2D eigenvalue weighted by Gasteiger charge is 2.28. The van der Waals surface area contributed by atoms with Gasteiger partial charge in [0.25, 0.3) is 0 Å². The zero-order valence-corrected chi connectivity index (χ0v) is 21.6. The number of benzene rings is 1. The first-order chi connectivity index (χ1) is 17.3. The lowest BCUT2D eigenvalue weighted by Crippen LogP contribution is -2.23. The predicted octanol–water partition coefficient (Wildman–Crippen LogP) is 2.94. The van der Waals surface area contributed by atoms with Gasteiger partial charge in [-0.05, 0) is 18.2 Å². The first-order valence-electron chi connectivity index (χ1n) is 10.2. The predicted molar refractivity (Wildman–Crippen MR) is 134 cm³/mol. The molecule has 0 radical (unpaired) electrons. The van der Waals surface area contributed by atoms with Crippen LogP contribution in [0.3, 0.4) is 0 Å². The van der Waals surface area contributed by atoms with Crippen molar-refractivity contribution in [1.82, 2.24) is 24.7 Å². The normalized spacial score (nSPS) is 12.2. The number of nitrogens with one attached hydrogen (secondary N) is 1. The van der Waals surface area contributed by atoms with E-state index in [9.17, 15) is 13.5 Å². The summed E-state index contributed by atoms with van der Waals surface area (Å²) in [6.45, 7) is 0. The van der Waals surface area contributed by atoms with Crippen molar-refractivity contribution in [3.05, 3.63) is 51.9 Å². The molecule has 0 aliphatic heterocycles. The standard InChI is InChI=1S/C21H21ClN6O6S2/c1-32-14-7-5-8-15(33-2)18(14)28-19(12-6-4-9-17(24-12)34-3)25-26-21(28)27-36(30,31)11-13(29)20-23-10-16(22)35-20/h4-10,13,29H,11H2,1-3H3,(H,26,27). The van der Waals surface area contributed by atoms with Crippen LogP contribution in [0.4, 0.5) is 5.95 Å². The molecule has 190 valence electrons. The number of thiazole rings is 1. The van der Waals surface area contributed by atoms with Gasteiger partial charge in [0.15, 0.2) is 5.82 Å². The van der Waals surface area contributed by atoms with Gasteiger partial charge in [0.05, 0.1) is 27.5 Å². The monoisotopic (exact) mass is 552 g/mol. The van der Waals surface area contributed by atoms with E-state index in [4.69, 9.17) is 25.8 Å². The van der Waals surface area contributed by atoms with Gasteiger partial charge in [0.1, 0.15) is 44.1 Å². The van der Waals surface area contributed by atoms with E-state index in [1.54, 1.807) is 36.4 Å². The zero-order chi connectivity index (χ0) is 25.9. The lowest BCUT2D eigenvalue weighted by atomic mass is 10.2. The van der Waals surface area contributed by atoms with E-state index in [0.29, 0.717) is 33.1 Å². The van der Waals surface area contributed by atoms with E-state index >= 15 is 0 Å². The van der Waals surface area contributed by atoms with E-state index in [-0.39, 0.29) is 16.8 Å². The van der Waals surface area contributed by atoms with Crippen molar-refractivity contribution in [2.45, 2.75) is 6.10 Å². The van der Waals surface area contributed by atoms with Gasteiger partial charge in [-0.25, -0.2) is 18.4 Å². The molecule has 1 unspecified atom stereocenters. The maximum Gasteiger partial charge on any atom is 0.243 e. The third-order valence-corrected chi connectivity index (χ3v) is 7.32. The van der Waals surface area contributed by atoms with Crippen molar-refractivity contribution >= 4 is 38.9 Å². The number of halogens is 1. The molecule has 1 atom stereocenters. The van der Waals surface area contributed by atoms with Crippen LogP contribution in [0.2, 0.25) is 4.34 Å². The van der Waals surface area contributed by atoms with Crippen LogP contribution in [0, 0.1) is 0 Å². The van der Waals surface area contributed by atoms with Crippen molar-refractivity contribution in [2.75, 3.05) is 31.8 Å². The van der Waals surface area contributed by atoms with E-state index < -0.39 is 21.9 Å². The summed E-state index contributed by atoms with van der Waals surface area (Å²) in [5.41, 5.74) is 0.676. The number of rotatable bonds is 10. The van der Waals surface area contributed by atoms with Crippen LogP contribution < -0.4 is 18.9 Å². The highest BCUT2D eigenvalue weighted by atomic mass is 35.5. The number of aromatic nitrogens is 5. The van der Waals surface area contributed by atoms with Crippen LogP contribution >= 0.6 is 22.9 Å². The highest BCUT2D eigenvalue weighted by Crippen LogP contribution is 2.37. The Hall–Kier alpha value is -3.46. The molecule has 0 aliphatic rings. The summed E-state index contributed by atoms with van der Waals surface area (Å²) >= 11 is 6.84. The van der Waals surface area contributed by atoms with E-state index in [1.165, 1.54) is 32.1 Å². The third-order valence-electron chi connectivity index (χ3n) is 4.85. The Morgan fingerprint density at radius 1 is 1.08 bits per heavy atom. The summed E-state index contributed by atoms with van der Waals surface area (Å²) in [5, 5.41) is 18.8. The number of para-hydroxylation sites is 1. The van der Waals surface area contributed by atoms with E-state index in [2.05, 4.69) is 24.9 Å². The summed E-state index contributed by atoms with van der Waals surface area (Å²) in [6.07, 6.45) is -0.0697. The molecule has 3 heterocycles. The van der Waals surface area contributed by atoms with Crippen molar-refractivity contribution < 1.29 is 27.7 Å². The van der Waals surface area contributed by atoms with Gasteiger partial charge in [-0.1, -0.05) is 23.7 Å². The van der Waals surface area contributed by atoms with Crippen molar-refractivity contribution in [2.24, 2.45) is 0 Å². The molecule has 0 bridgehead atoms. The van der Waals surface area contributed by atoms with Crippen molar-refractivity contribution in [1.29, 1.82) is 0 Å². The molecular weight excluding hydrogens is 532 g/mol. The molecule has 15 heteroatoms. The molecule has 1 aromatic carbocycles. The minimum atomic E-state index is -4.15. The molecule has 36 heavy (non-hydrogen) atoms. The molecule has 4 rings (SSSR count). The second-order valence-electron chi connectivity index (χ2n) is 7.16. The topological polar surface area (TPSA) is 151 Å². The van der Waals surface area contributed by atoms with Gasteiger partial charge in [-0.15, -0.1) is 21.5 Å². The van der Waals surface area contributed by atoms with Gasteiger partial charge < -0.3 is 19.3 Å². The molecule has 0 spiro atoms. The van der Waals surface area contributed by atoms with E-state index in [1.807, 2.05) is 0 Å². The fraction of sp³-hybridized carbons (Fsp3) is 0.238. The maximum absolute atomic E-state index is 13.0. The molecule has 4 aromatic rings. The fourth-order valence-electron chi connectivity index (χ4n) is 3.31. The van der Waals surface area contributed by atoms with Gasteiger partial charge in [0, 0.05) is 6.07 Å². The number of pyridine rings is 1. The third kappa shape index (κ3) is 5.36. The molecule has 0 saturated carbocycles. The summed E-state index contributed by atoms with van der Waals surface area (Å²) in [6, 6.07) is 10.1. The molecule has 0 fully saturated rings. The number of anilines is 1. The second-order valence-corrected chi connectivity index (χ2v) is 10.6. The molecule has 0 aliphatic carbocycles. The van der Waals surface area contributed by atoms with Crippen LogP contribution in [-0.2, 0) is 10.0 Å². The van der Waals surface area contributed by atoms with Gasteiger partial charge in [0.2, 0.25) is 21.9 Å². The quantitative estimate of drug-likeness (QED) is 0.300. The number of aliphatic hydroxyl groups excluding tert-OH is 1. The highest BCUT2D eigenvalue weighted by molar-refractivity contribution is 7.92. The SMILES string of the molecule is COc1cccc(-c2nnc(NS(=O)(=O)CC(O)c3ncc(Cl)s3)n2-c2c(OC)cccc2OC)n1. The average molecular weight is 553 g/mol. The Morgan fingerprint density at radius 3 is 2.39 bits per heavy atom. The average Bonchev–Trinajstić information content (AvgIpc) is 3.49. The molecule has 2 N–H and O–H groups in total. The minimum Gasteiger partial charge on any atom is -0.494 e. The first kappa shape index (κ1) is 25.6. The largest absolute Gasteiger partial charge is 0.494 e. The maximum atomic E-state index is 13.0. The smallest absolute Gasteiger partial charge is 0.243 e. The fourth-order valence-corrected chi connectivity index (χ4v) is 5.40. The number of aliphatic hydroxyl groups is 1. The van der Waals surface area contributed by atoms with Crippen molar-refractivity contribution in [3.8, 4) is 34.6 Å². The Kier molecular flexibility index (Phi) is 7.59. The molecule has 0 saturated heterocycles. The number of sulfonamides is 1. The van der Waals surface area contributed by atoms with Gasteiger partial charge >= 0.3 is 0 Å². The Morgan fingerprint density at radius 2 is 1.78 bits per heavy atom. The second kappa shape index (κ2) is 10.7. The Bertz CT molecular complexity index is 1450. The van der Waals surface area contributed by atoms with Gasteiger partial charge in [-0.2, -0.15) is 0 Å². The Labute approximate surface area is 215 Å². The van der Waals surface area contributed by atoms with Gasteiger partial charge in [-0.3, -0.25) is 9.29 Å². The number of ether oxygens (including phenoxy) is 3. The summed E-state index contributed by atoms with van der Waals surface area (Å²) < 4.78 is 46.4. The summed E-state index contributed by atoms with van der Waals surface area (Å²) in [7, 11) is 0.250. The molecule has 12 nitrogen and oxygen atoms in total. The van der Waals surface area contributed by atoms with Crippen LogP contribution in [0.15, 0.2) is 42.6 Å². The first-order valence-corrected chi connectivity index (χ1v) is 13.1. The van der Waals surface area contributed by atoms with Crippen LogP contribution in [0.5, 0.6) is 17.4 Å². The molecule has 0 amide bonds. The lowest BCUT2D eigenvalue weighted by molar-refractivity contribution is 0.201.